The number of nitrogens with one attached hydrogen (secondary N) is 3. The zero-order valence-electron chi connectivity index (χ0n) is 10.5. The number of likely N-dealkylation sites (N-methyl/N-ethyl adjacent to an activating group) is 1. The molecule has 8 heteroatoms. The van der Waals surface area contributed by atoms with Gasteiger partial charge in [-0.25, -0.2) is 9.89 Å². The standard InChI is InChI=1S/C11H15N5O3/c1-16-6-8(4-10(16)18)13-11(19)12-5-7-2-3-9(17)15-14-7/h2-3,8H,4-6H2,1H3,(H,15,17)(H2,12,13,19)/t8-/m1/s1. The lowest BCUT2D eigenvalue weighted by Crippen LogP contribution is -2.42. The fourth-order valence-corrected chi connectivity index (χ4v) is 1.84. The number of nitrogens with zero attached hydrogens (tertiary/aromatic N) is 2. The number of urea groups is 1. The normalized spacial score (nSPS) is 18.5. The lowest BCUT2D eigenvalue weighted by molar-refractivity contribution is -0.126. The highest BCUT2D eigenvalue weighted by atomic mass is 16.2. The Kier molecular flexibility index (Phi) is 3.79. The molecule has 8 nitrogen and oxygen atoms in total. The summed E-state index contributed by atoms with van der Waals surface area (Å²) >= 11 is 0. The number of carbonyl (C=O) groups excluding carboxylic acids is 2. The van der Waals surface area contributed by atoms with Crippen LogP contribution in [0.1, 0.15) is 12.1 Å². The molecule has 3 amide bonds. The number of hydrogen-bond acceptors (Lipinski definition) is 4. The average molecular weight is 265 g/mol. The molecular formula is C11H15N5O3. The summed E-state index contributed by atoms with van der Waals surface area (Å²) in [6.45, 7) is 0.724. The highest BCUT2D eigenvalue weighted by Gasteiger charge is 2.27. The maximum Gasteiger partial charge on any atom is 0.315 e. The van der Waals surface area contributed by atoms with Gasteiger partial charge >= 0.3 is 6.03 Å². The van der Waals surface area contributed by atoms with Crippen LogP contribution < -0.4 is 16.2 Å². The molecule has 0 aliphatic carbocycles. The quantitative estimate of drug-likeness (QED) is 0.638. The van der Waals surface area contributed by atoms with E-state index in [0.29, 0.717) is 18.7 Å². The van der Waals surface area contributed by atoms with Gasteiger partial charge in [0.25, 0.3) is 5.56 Å². The van der Waals surface area contributed by atoms with Crippen LogP contribution in [0.25, 0.3) is 0 Å². The molecule has 2 heterocycles. The van der Waals surface area contributed by atoms with Crippen LogP contribution in [0.15, 0.2) is 16.9 Å². The minimum atomic E-state index is -0.360. The Morgan fingerprint density at radius 1 is 1.53 bits per heavy atom. The highest BCUT2D eigenvalue weighted by molar-refractivity contribution is 5.81. The molecule has 0 spiro atoms. The summed E-state index contributed by atoms with van der Waals surface area (Å²) in [7, 11) is 1.70. The van der Waals surface area contributed by atoms with Gasteiger partial charge in [0.05, 0.1) is 18.3 Å². The second-order valence-electron chi connectivity index (χ2n) is 4.41. The predicted octanol–water partition coefficient (Wildman–Crippen LogP) is -1.20. The molecule has 0 unspecified atom stereocenters. The van der Waals surface area contributed by atoms with E-state index in [4.69, 9.17) is 0 Å². The number of aromatic amines is 1. The van der Waals surface area contributed by atoms with Crippen molar-refractivity contribution in [3.8, 4) is 0 Å². The molecule has 1 fully saturated rings. The third-order valence-corrected chi connectivity index (χ3v) is 2.84. The van der Waals surface area contributed by atoms with Crippen molar-refractivity contribution in [2.24, 2.45) is 0 Å². The monoisotopic (exact) mass is 265 g/mol. The third kappa shape index (κ3) is 3.54. The number of carbonyl (C=O) groups is 2. The van der Waals surface area contributed by atoms with Gasteiger partial charge in [-0.1, -0.05) is 0 Å². The number of aromatic nitrogens is 2. The van der Waals surface area contributed by atoms with Crippen LogP contribution in [-0.4, -0.2) is 46.7 Å². The van der Waals surface area contributed by atoms with Gasteiger partial charge in [0.15, 0.2) is 0 Å². The van der Waals surface area contributed by atoms with Crippen LogP contribution in [0.4, 0.5) is 4.79 Å². The van der Waals surface area contributed by atoms with E-state index >= 15 is 0 Å². The maximum atomic E-state index is 11.6. The molecule has 1 aliphatic heterocycles. The smallest absolute Gasteiger partial charge is 0.315 e. The van der Waals surface area contributed by atoms with E-state index in [1.165, 1.54) is 12.1 Å². The number of rotatable bonds is 3. The molecule has 19 heavy (non-hydrogen) atoms. The summed E-state index contributed by atoms with van der Waals surface area (Å²) in [5, 5.41) is 11.4. The van der Waals surface area contributed by atoms with Gasteiger partial charge in [-0.2, -0.15) is 5.10 Å². The summed E-state index contributed by atoms with van der Waals surface area (Å²) in [5.41, 5.74) is 0.259. The van der Waals surface area contributed by atoms with Gasteiger partial charge in [-0.15, -0.1) is 0 Å². The molecule has 1 saturated heterocycles. The van der Waals surface area contributed by atoms with E-state index in [1.54, 1.807) is 11.9 Å². The first-order valence-corrected chi connectivity index (χ1v) is 5.87. The Hall–Kier alpha value is -2.38. The van der Waals surface area contributed by atoms with Crippen LogP contribution in [0.5, 0.6) is 0 Å². The molecule has 2 rings (SSSR count). The molecular weight excluding hydrogens is 250 g/mol. The Labute approximate surface area is 109 Å². The first kappa shape index (κ1) is 13.1. The van der Waals surface area contributed by atoms with Crippen molar-refractivity contribution in [2.75, 3.05) is 13.6 Å². The van der Waals surface area contributed by atoms with Crippen LogP contribution in [-0.2, 0) is 11.3 Å². The van der Waals surface area contributed by atoms with E-state index in [0.717, 1.165) is 0 Å². The molecule has 0 aromatic carbocycles. The van der Waals surface area contributed by atoms with Crippen LogP contribution in [0.3, 0.4) is 0 Å². The Bertz CT molecular complexity index is 521. The van der Waals surface area contributed by atoms with Crippen molar-refractivity contribution in [1.82, 2.24) is 25.7 Å². The fourth-order valence-electron chi connectivity index (χ4n) is 1.84. The van der Waals surface area contributed by atoms with Crippen LogP contribution in [0, 0.1) is 0 Å². The molecule has 0 bridgehead atoms. The summed E-state index contributed by atoms with van der Waals surface area (Å²) < 4.78 is 0. The van der Waals surface area contributed by atoms with Gasteiger partial charge in [0, 0.05) is 26.1 Å². The van der Waals surface area contributed by atoms with E-state index in [1.807, 2.05) is 0 Å². The molecule has 1 atom stereocenters. The molecule has 0 radical (unpaired) electrons. The Morgan fingerprint density at radius 3 is 2.89 bits per heavy atom. The highest BCUT2D eigenvalue weighted by Crippen LogP contribution is 2.07. The fraction of sp³-hybridized carbons (Fsp3) is 0.455. The number of amides is 3. The Balaban J connectivity index is 1.77. The second-order valence-corrected chi connectivity index (χ2v) is 4.41. The predicted molar refractivity (Wildman–Crippen MR) is 66.3 cm³/mol. The second kappa shape index (κ2) is 5.51. The van der Waals surface area contributed by atoms with Crippen molar-refractivity contribution in [2.45, 2.75) is 19.0 Å². The molecule has 1 aromatic rings. The van der Waals surface area contributed by atoms with Crippen molar-refractivity contribution in [3.63, 3.8) is 0 Å². The molecule has 1 aromatic heterocycles. The largest absolute Gasteiger partial charge is 0.344 e. The van der Waals surface area contributed by atoms with Gasteiger partial charge in [-0.05, 0) is 6.07 Å². The number of hydrogen-bond donors (Lipinski definition) is 3. The summed E-state index contributed by atoms with van der Waals surface area (Å²) in [6.07, 6.45) is 0.320. The lowest BCUT2D eigenvalue weighted by atomic mass is 10.2. The van der Waals surface area contributed by atoms with Crippen LogP contribution in [0.2, 0.25) is 0 Å². The van der Waals surface area contributed by atoms with Gasteiger partial charge < -0.3 is 15.5 Å². The first-order valence-electron chi connectivity index (χ1n) is 5.87. The third-order valence-electron chi connectivity index (χ3n) is 2.84. The van der Waals surface area contributed by atoms with Gasteiger partial charge in [0.1, 0.15) is 0 Å². The minimum Gasteiger partial charge on any atom is -0.344 e. The zero-order chi connectivity index (χ0) is 13.8. The summed E-state index contributed by atoms with van der Waals surface area (Å²) in [6, 6.07) is 2.35. The summed E-state index contributed by atoms with van der Waals surface area (Å²) in [4.78, 5) is 35.3. The number of likely N-dealkylation sites (tertiary alicyclic amines) is 1. The molecule has 0 saturated carbocycles. The lowest BCUT2D eigenvalue weighted by Gasteiger charge is -2.12. The zero-order valence-corrected chi connectivity index (χ0v) is 10.5. The van der Waals surface area contributed by atoms with Crippen molar-refractivity contribution in [1.29, 1.82) is 0 Å². The Morgan fingerprint density at radius 2 is 2.32 bits per heavy atom. The van der Waals surface area contributed by atoms with E-state index in [9.17, 15) is 14.4 Å². The molecule has 3 N–H and O–H groups in total. The first-order chi connectivity index (χ1) is 9.04. The molecule has 1 aliphatic rings. The van der Waals surface area contributed by atoms with Crippen LogP contribution >= 0.6 is 0 Å². The van der Waals surface area contributed by atoms with E-state index in [2.05, 4.69) is 20.8 Å². The van der Waals surface area contributed by atoms with E-state index in [-0.39, 0.29) is 30.1 Å². The van der Waals surface area contributed by atoms with E-state index < -0.39 is 0 Å². The van der Waals surface area contributed by atoms with Crippen molar-refractivity contribution >= 4 is 11.9 Å². The topological polar surface area (TPSA) is 107 Å². The van der Waals surface area contributed by atoms with Gasteiger partial charge in [0.2, 0.25) is 5.91 Å². The van der Waals surface area contributed by atoms with Crippen molar-refractivity contribution < 1.29 is 9.59 Å². The average Bonchev–Trinajstić information content (AvgIpc) is 2.67. The summed E-state index contributed by atoms with van der Waals surface area (Å²) in [5.74, 6) is 0.0209. The molecule has 102 valence electrons. The minimum absolute atomic E-state index is 0.0209. The van der Waals surface area contributed by atoms with Crippen molar-refractivity contribution in [3.05, 3.63) is 28.2 Å². The SMILES string of the molecule is CN1C[C@H](NC(=O)NCc2ccc(=O)[nH]n2)CC1=O. The van der Waals surface area contributed by atoms with Gasteiger partial charge in [-0.3, -0.25) is 9.59 Å². The number of H-pyrrole nitrogens is 1. The maximum absolute atomic E-state index is 11.6.